The van der Waals surface area contributed by atoms with Gasteiger partial charge in [0.1, 0.15) is 8.22 Å². The third-order valence-corrected chi connectivity index (χ3v) is 4.26. The van der Waals surface area contributed by atoms with Gasteiger partial charge in [0.05, 0.1) is 0 Å². The topological polar surface area (TPSA) is 18.5 Å². The molecule has 2 unspecified atom stereocenters. The van der Waals surface area contributed by atoms with Crippen molar-refractivity contribution >= 4 is 45.2 Å². The predicted molar refractivity (Wildman–Crippen MR) is 58.9 cm³/mol. The fourth-order valence-electron chi connectivity index (χ4n) is 0.470. The first-order chi connectivity index (χ1) is 4.72. The summed E-state index contributed by atoms with van der Waals surface area (Å²) in [4.78, 5) is 0. The van der Waals surface area contributed by atoms with Gasteiger partial charge < -0.3 is 9.47 Å². The van der Waals surface area contributed by atoms with E-state index in [-0.39, 0.29) is 8.22 Å². The molecule has 0 aromatic rings. The highest BCUT2D eigenvalue weighted by molar-refractivity contribution is 14.1. The molecule has 0 spiro atoms. The number of alkyl halides is 2. The van der Waals surface area contributed by atoms with Crippen LogP contribution in [0.5, 0.6) is 0 Å². The Morgan fingerprint density at radius 2 is 1.30 bits per heavy atom. The van der Waals surface area contributed by atoms with E-state index in [2.05, 4.69) is 45.2 Å². The molecule has 0 aliphatic rings. The van der Waals surface area contributed by atoms with Crippen LogP contribution in [-0.4, -0.2) is 21.4 Å². The molecule has 2 atom stereocenters. The van der Waals surface area contributed by atoms with Crippen molar-refractivity contribution in [2.24, 2.45) is 0 Å². The summed E-state index contributed by atoms with van der Waals surface area (Å²) in [5.74, 6) is 0. The van der Waals surface area contributed by atoms with Gasteiger partial charge in [-0.25, -0.2) is 0 Å². The number of halogens is 2. The highest BCUT2D eigenvalue weighted by atomic mass is 127. The normalized spacial score (nSPS) is 16.8. The predicted octanol–water partition coefficient (Wildman–Crippen LogP) is 2.58. The minimum atomic E-state index is 0.170. The van der Waals surface area contributed by atoms with Crippen LogP contribution in [0.15, 0.2) is 0 Å². The molecule has 0 aromatic carbocycles. The first-order valence-corrected chi connectivity index (χ1v) is 5.72. The lowest BCUT2D eigenvalue weighted by atomic mass is 10.7. The smallest absolute Gasteiger partial charge is 0.143 e. The molecular weight excluding hydrogens is 358 g/mol. The molecular formula is C6H12I2O2. The van der Waals surface area contributed by atoms with Gasteiger partial charge in [0.15, 0.2) is 0 Å². The Labute approximate surface area is 89.3 Å². The molecule has 4 heteroatoms. The van der Waals surface area contributed by atoms with Gasteiger partial charge in [-0.3, -0.25) is 0 Å². The van der Waals surface area contributed by atoms with Crippen LogP contribution in [0.3, 0.4) is 0 Å². The lowest BCUT2D eigenvalue weighted by Gasteiger charge is -2.15. The molecule has 0 aromatic heterocycles. The third-order valence-electron chi connectivity index (χ3n) is 0.858. The van der Waals surface area contributed by atoms with E-state index in [1.807, 2.05) is 13.8 Å². The Morgan fingerprint density at radius 3 is 1.50 bits per heavy atom. The molecule has 0 aliphatic carbocycles. The van der Waals surface area contributed by atoms with Crippen LogP contribution in [0.2, 0.25) is 0 Å². The van der Waals surface area contributed by atoms with E-state index in [1.165, 1.54) is 0 Å². The maximum absolute atomic E-state index is 5.31. The third kappa shape index (κ3) is 5.09. The Kier molecular flexibility index (Phi) is 8.03. The van der Waals surface area contributed by atoms with Gasteiger partial charge in [0.2, 0.25) is 0 Å². The van der Waals surface area contributed by atoms with E-state index in [9.17, 15) is 0 Å². The zero-order valence-electron chi connectivity index (χ0n) is 6.14. The quantitative estimate of drug-likeness (QED) is 0.547. The second-order valence-corrected chi connectivity index (χ2v) is 4.07. The van der Waals surface area contributed by atoms with Crippen molar-refractivity contribution in [2.75, 3.05) is 13.2 Å². The Balaban J connectivity index is 3.38. The van der Waals surface area contributed by atoms with Crippen molar-refractivity contribution in [3.8, 4) is 0 Å². The van der Waals surface area contributed by atoms with E-state index in [4.69, 9.17) is 9.47 Å². The van der Waals surface area contributed by atoms with Gasteiger partial charge in [0.25, 0.3) is 0 Å². The molecule has 0 saturated carbocycles. The van der Waals surface area contributed by atoms with Gasteiger partial charge in [0, 0.05) is 13.2 Å². The van der Waals surface area contributed by atoms with Crippen molar-refractivity contribution in [3.63, 3.8) is 0 Å². The summed E-state index contributed by atoms with van der Waals surface area (Å²) in [6.45, 7) is 5.47. The summed E-state index contributed by atoms with van der Waals surface area (Å²) in [6.07, 6.45) is 0. The molecule has 2 nitrogen and oxygen atoms in total. The largest absolute Gasteiger partial charge is 0.365 e. The molecule has 0 fully saturated rings. The molecule has 0 heterocycles. The molecule has 10 heavy (non-hydrogen) atoms. The monoisotopic (exact) mass is 370 g/mol. The summed E-state index contributed by atoms with van der Waals surface area (Å²) >= 11 is 4.47. The van der Waals surface area contributed by atoms with Crippen molar-refractivity contribution in [1.29, 1.82) is 0 Å². The van der Waals surface area contributed by atoms with Crippen molar-refractivity contribution in [3.05, 3.63) is 0 Å². The van der Waals surface area contributed by atoms with E-state index < -0.39 is 0 Å². The Morgan fingerprint density at radius 1 is 1.00 bits per heavy atom. The lowest BCUT2D eigenvalue weighted by molar-refractivity contribution is 0.0370. The second kappa shape index (κ2) is 7.05. The summed E-state index contributed by atoms with van der Waals surface area (Å²) < 4.78 is 11.0. The van der Waals surface area contributed by atoms with Crippen molar-refractivity contribution < 1.29 is 9.47 Å². The summed E-state index contributed by atoms with van der Waals surface area (Å²) in [5, 5.41) is 0. The van der Waals surface area contributed by atoms with E-state index in [0.717, 1.165) is 13.2 Å². The number of rotatable bonds is 5. The highest BCUT2D eigenvalue weighted by Crippen LogP contribution is 2.17. The van der Waals surface area contributed by atoms with Crippen molar-refractivity contribution in [1.82, 2.24) is 0 Å². The first-order valence-electron chi connectivity index (χ1n) is 3.23. The second-order valence-electron chi connectivity index (χ2n) is 1.61. The molecule has 0 aliphatic heterocycles. The van der Waals surface area contributed by atoms with Gasteiger partial charge >= 0.3 is 0 Å². The van der Waals surface area contributed by atoms with E-state index in [0.29, 0.717) is 0 Å². The lowest BCUT2D eigenvalue weighted by Crippen LogP contribution is -2.20. The summed E-state index contributed by atoms with van der Waals surface area (Å²) in [5.41, 5.74) is 0. The van der Waals surface area contributed by atoms with E-state index >= 15 is 0 Å². The molecule has 0 N–H and O–H groups in total. The number of hydrogen-bond acceptors (Lipinski definition) is 2. The molecule has 62 valence electrons. The standard InChI is InChI=1S/C6H12I2O2/c1-3-9-5(7)6(8)10-4-2/h5-6H,3-4H2,1-2H3. The van der Waals surface area contributed by atoms with Gasteiger partial charge in [-0.05, 0) is 59.0 Å². The maximum Gasteiger partial charge on any atom is 0.143 e. The van der Waals surface area contributed by atoms with Crippen LogP contribution in [0.4, 0.5) is 0 Å². The zero-order valence-corrected chi connectivity index (χ0v) is 10.5. The minimum absolute atomic E-state index is 0.170. The van der Waals surface area contributed by atoms with E-state index in [1.54, 1.807) is 0 Å². The average molecular weight is 370 g/mol. The van der Waals surface area contributed by atoms with Crippen LogP contribution in [0.25, 0.3) is 0 Å². The first kappa shape index (κ1) is 11.4. The van der Waals surface area contributed by atoms with Crippen LogP contribution < -0.4 is 0 Å². The molecule has 0 amide bonds. The van der Waals surface area contributed by atoms with Gasteiger partial charge in [-0.1, -0.05) is 0 Å². The molecule has 0 rings (SSSR count). The Bertz CT molecular complexity index is 70.1. The van der Waals surface area contributed by atoms with Crippen LogP contribution in [0, 0.1) is 0 Å². The molecule has 0 saturated heterocycles. The SMILES string of the molecule is CCOC(I)C(I)OCC. The molecule has 0 radical (unpaired) electrons. The molecule has 0 bridgehead atoms. The Hall–Kier alpha value is 1.38. The summed E-state index contributed by atoms with van der Waals surface area (Å²) in [7, 11) is 0. The van der Waals surface area contributed by atoms with Crippen LogP contribution in [0.1, 0.15) is 13.8 Å². The van der Waals surface area contributed by atoms with Crippen LogP contribution >= 0.6 is 45.2 Å². The summed E-state index contributed by atoms with van der Waals surface area (Å²) in [6, 6.07) is 0. The van der Waals surface area contributed by atoms with Crippen LogP contribution in [-0.2, 0) is 9.47 Å². The average Bonchev–Trinajstić information content (AvgIpc) is 1.89. The fourth-order valence-corrected chi connectivity index (χ4v) is 1.60. The fraction of sp³-hybridized carbons (Fsp3) is 1.00. The number of ether oxygens (including phenoxy) is 2. The van der Waals surface area contributed by atoms with Gasteiger partial charge in [-0.15, -0.1) is 0 Å². The van der Waals surface area contributed by atoms with Gasteiger partial charge in [-0.2, -0.15) is 0 Å². The zero-order chi connectivity index (χ0) is 7.98. The maximum atomic E-state index is 5.31. The minimum Gasteiger partial charge on any atom is -0.365 e. The number of hydrogen-bond donors (Lipinski definition) is 0. The van der Waals surface area contributed by atoms with Crippen molar-refractivity contribution in [2.45, 2.75) is 22.1 Å². The highest BCUT2D eigenvalue weighted by Gasteiger charge is 2.14.